The Labute approximate surface area is 146 Å². The van der Waals surface area contributed by atoms with Crippen LogP contribution in [0, 0.1) is 5.82 Å². The predicted molar refractivity (Wildman–Crippen MR) is 93.4 cm³/mol. The summed E-state index contributed by atoms with van der Waals surface area (Å²) in [5, 5.41) is 8.55. The molecule has 0 saturated carbocycles. The van der Waals surface area contributed by atoms with Gasteiger partial charge in [-0.25, -0.2) is 4.39 Å². The van der Waals surface area contributed by atoms with E-state index in [9.17, 15) is 9.18 Å². The van der Waals surface area contributed by atoms with Crippen LogP contribution in [0.5, 0.6) is 0 Å². The molecular weight excluding hydrogens is 349 g/mol. The van der Waals surface area contributed by atoms with Crippen molar-refractivity contribution in [2.45, 2.75) is 12.2 Å². The minimum absolute atomic E-state index is 0.155. The molecule has 0 radical (unpaired) electrons. The van der Waals surface area contributed by atoms with Crippen LogP contribution in [0.15, 0.2) is 46.3 Å². The molecule has 0 atom stereocenters. The number of rotatable bonds is 7. The molecule has 0 unspecified atom stereocenters. The molecule has 3 aromatic rings. The van der Waals surface area contributed by atoms with Crippen LogP contribution in [-0.2, 0) is 10.5 Å². The first-order valence-corrected chi connectivity index (χ1v) is 9.24. The molecule has 0 saturated heterocycles. The van der Waals surface area contributed by atoms with Crippen LogP contribution in [0.3, 0.4) is 0 Å². The second-order valence-electron chi connectivity index (χ2n) is 4.85. The lowest BCUT2D eigenvalue weighted by Gasteiger charge is -2.04. The summed E-state index contributed by atoms with van der Waals surface area (Å²) in [6, 6.07) is 9.69. The number of carbonyl (C=O) groups excluding carboxylic acids is 1. The number of halogens is 1. The second-order valence-corrected chi connectivity index (χ2v) is 6.90. The third kappa shape index (κ3) is 4.65. The molecule has 0 fully saturated rings. The summed E-state index contributed by atoms with van der Waals surface area (Å²) in [4.78, 5) is 17.1. The fourth-order valence-corrected chi connectivity index (χ4v) is 3.35. The zero-order valence-corrected chi connectivity index (χ0v) is 14.2. The molecule has 1 N–H and O–H groups in total. The SMILES string of the molecule is O=C(CCSCc1nc(-c2cccs2)no1)Nc1cccc(F)c1. The maximum absolute atomic E-state index is 13.0. The summed E-state index contributed by atoms with van der Waals surface area (Å²) < 4.78 is 18.2. The lowest BCUT2D eigenvalue weighted by atomic mass is 10.3. The summed E-state index contributed by atoms with van der Waals surface area (Å²) >= 11 is 3.08. The Morgan fingerprint density at radius 1 is 1.33 bits per heavy atom. The highest BCUT2D eigenvalue weighted by molar-refractivity contribution is 7.98. The molecule has 1 amide bonds. The van der Waals surface area contributed by atoms with Gasteiger partial charge in [0.15, 0.2) is 0 Å². The van der Waals surface area contributed by atoms with Crippen molar-refractivity contribution in [3.8, 4) is 10.7 Å². The quantitative estimate of drug-likeness (QED) is 0.637. The molecule has 2 heterocycles. The third-order valence-corrected chi connectivity index (χ3v) is 4.83. The van der Waals surface area contributed by atoms with Crippen LogP contribution >= 0.6 is 23.1 Å². The number of thioether (sulfide) groups is 1. The van der Waals surface area contributed by atoms with Crippen LogP contribution in [-0.4, -0.2) is 21.8 Å². The van der Waals surface area contributed by atoms with Crippen molar-refractivity contribution >= 4 is 34.7 Å². The molecule has 1 aromatic carbocycles. The molecular formula is C16H14FN3O2S2. The lowest BCUT2D eigenvalue weighted by Crippen LogP contribution is -2.12. The molecule has 24 heavy (non-hydrogen) atoms. The number of carbonyl (C=O) groups is 1. The highest BCUT2D eigenvalue weighted by Gasteiger charge is 2.10. The molecule has 0 aliphatic heterocycles. The van der Waals surface area contributed by atoms with E-state index >= 15 is 0 Å². The Balaban J connectivity index is 1.40. The second kappa shape index (κ2) is 8.07. The first-order chi connectivity index (χ1) is 11.7. The van der Waals surface area contributed by atoms with Crippen molar-refractivity contribution in [2.24, 2.45) is 0 Å². The Kier molecular flexibility index (Phi) is 5.60. The first-order valence-electron chi connectivity index (χ1n) is 7.20. The average molecular weight is 363 g/mol. The van der Waals surface area contributed by atoms with E-state index in [1.807, 2.05) is 17.5 Å². The molecule has 8 heteroatoms. The van der Waals surface area contributed by atoms with Crippen molar-refractivity contribution in [2.75, 3.05) is 11.1 Å². The molecule has 3 rings (SSSR count). The number of hydrogen-bond acceptors (Lipinski definition) is 6. The number of hydrogen-bond donors (Lipinski definition) is 1. The smallest absolute Gasteiger partial charge is 0.236 e. The average Bonchev–Trinajstić information content (AvgIpc) is 3.23. The van der Waals surface area contributed by atoms with Gasteiger partial charge in [-0.1, -0.05) is 17.3 Å². The minimum atomic E-state index is -0.375. The Morgan fingerprint density at radius 2 is 2.25 bits per heavy atom. The number of aromatic nitrogens is 2. The van der Waals surface area contributed by atoms with Crippen molar-refractivity contribution < 1.29 is 13.7 Å². The van der Waals surface area contributed by atoms with Gasteiger partial charge in [0.25, 0.3) is 0 Å². The maximum Gasteiger partial charge on any atom is 0.236 e. The summed E-state index contributed by atoms with van der Waals surface area (Å²) in [7, 11) is 0. The molecule has 124 valence electrons. The zero-order valence-electron chi connectivity index (χ0n) is 12.6. The largest absolute Gasteiger partial charge is 0.338 e. The number of anilines is 1. The van der Waals surface area contributed by atoms with Gasteiger partial charge < -0.3 is 9.84 Å². The van der Waals surface area contributed by atoms with E-state index in [4.69, 9.17) is 4.52 Å². The van der Waals surface area contributed by atoms with Crippen molar-refractivity contribution in [1.82, 2.24) is 10.1 Å². The number of nitrogens with zero attached hydrogens (tertiary/aromatic N) is 2. The van der Waals surface area contributed by atoms with Gasteiger partial charge in [0.2, 0.25) is 17.6 Å². The van der Waals surface area contributed by atoms with E-state index in [0.29, 0.717) is 35.3 Å². The van der Waals surface area contributed by atoms with E-state index in [1.165, 1.54) is 23.9 Å². The van der Waals surface area contributed by atoms with Crippen molar-refractivity contribution in [1.29, 1.82) is 0 Å². The standard InChI is InChI=1S/C16H14FN3O2S2/c17-11-3-1-4-12(9-11)18-14(21)6-8-23-10-15-19-16(20-22-15)13-5-2-7-24-13/h1-5,7,9H,6,8,10H2,(H,18,21). The van der Waals surface area contributed by atoms with E-state index in [2.05, 4.69) is 15.5 Å². The summed E-state index contributed by atoms with van der Waals surface area (Å²) in [6.07, 6.45) is 0.326. The molecule has 0 aliphatic carbocycles. The number of nitrogens with one attached hydrogen (secondary N) is 1. The monoisotopic (exact) mass is 363 g/mol. The topological polar surface area (TPSA) is 68.0 Å². The first kappa shape index (κ1) is 16.7. The van der Waals surface area contributed by atoms with Crippen LogP contribution in [0.25, 0.3) is 10.7 Å². The van der Waals surface area contributed by atoms with Gasteiger partial charge in [-0.15, -0.1) is 11.3 Å². The number of benzene rings is 1. The Hall–Kier alpha value is -2.19. The highest BCUT2D eigenvalue weighted by Crippen LogP contribution is 2.22. The molecule has 5 nitrogen and oxygen atoms in total. The Morgan fingerprint density at radius 3 is 3.04 bits per heavy atom. The molecule has 0 spiro atoms. The Bertz CT molecular complexity index is 805. The van der Waals surface area contributed by atoms with E-state index in [-0.39, 0.29) is 11.7 Å². The molecule has 2 aromatic heterocycles. The van der Waals surface area contributed by atoms with Crippen LogP contribution in [0.1, 0.15) is 12.3 Å². The van der Waals surface area contributed by atoms with E-state index in [1.54, 1.807) is 23.5 Å². The fourth-order valence-electron chi connectivity index (χ4n) is 1.93. The van der Waals surface area contributed by atoms with Crippen LogP contribution < -0.4 is 5.32 Å². The predicted octanol–water partition coefficient (Wildman–Crippen LogP) is 4.20. The van der Waals surface area contributed by atoms with Gasteiger partial charge in [-0.3, -0.25) is 4.79 Å². The van der Waals surface area contributed by atoms with Crippen molar-refractivity contribution in [3.63, 3.8) is 0 Å². The lowest BCUT2D eigenvalue weighted by molar-refractivity contribution is -0.115. The summed E-state index contributed by atoms with van der Waals surface area (Å²) in [5.74, 6) is 1.75. The summed E-state index contributed by atoms with van der Waals surface area (Å²) in [6.45, 7) is 0. The van der Waals surface area contributed by atoms with Gasteiger partial charge in [0, 0.05) is 17.9 Å². The highest BCUT2D eigenvalue weighted by atomic mass is 32.2. The fraction of sp³-hybridized carbons (Fsp3) is 0.188. The van der Waals surface area contributed by atoms with Gasteiger partial charge in [0.05, 0.1) is 10.6 Å². The number of thiophene rings is 1. The van der Waals surface area contributed by atoms with Crippen LogP contribution in [0.4, 0.5) is 10.1 Å². The van der Waals surface area contributed by atoms with Gasteiger partial charge in [-0.2, -0.15) is 16.7 Å². The van der Waals surface area contributed by atoms with Gasteiger partial charge >= 0.3 is 0 Å². The zero-order chi connectivity index (χ0) is 16.8. The maximum atomic E-state index is 13.0. The van der Waals surface area contributed by atoms with Crippen LogP contribution in [0.2, 0.25) is 0 Å². The van der Waals surface area contributed by atoms with E-state index < -0.39 is 0 Å². The molecule has 0 bridgehead atoms. The normalized spacial score (nSPS) is 10.7. The van der Waals surface area contributed by atoms with Gasteiger partial charge in [-0.05, 0) is 29.6 Å². The van der Waals surface area contributed by atoms with Crippen molar-refractivity contribution in [3.05, 3.63) is 53.5 Å². The van der Waals surface area contributed by atoms with Gasteiger partial charge in [0.1, 0.15) is 5.82 Å². The van der Waals surface area contributed by atoms with E-state index in [0.717, 1.165) is 4.88 Å². The molecule has 0 aliphatic rings. The number of amides is 1. The third-order valence-electron chi connectivity index (χ3n) is 3.02. The minimum Gasteiger partial charge on any atom is -0.338 e. The summed E-state index contributed by atoms with van der Waals surface area (Å²) in [5.41, 5.74) is 0.461.